The van der Waals surface area contributed by atoms with E-state index in [4.69, 9.17) is 11.6 Å². The average molecular weight is 365 g/mol. The maximum Gasteiger partial charge on any atom is 0.0952 e. The van der Waals surface area contributed by atoms with Gasteiger partial charge in [-0.3, -0.25) is 5.10 Å². The molecule has 1 aromatic heterocycles. The fourth-order valence-electron chi connectivity index (χ4n) is 3.38. The van der Waals surface area contributed by atoms with E-state index < -0.39 is 0 Å². The van der Waals surface area contributed by atoms with Crippen molar-refractivity contribution in [1.82, 2.24) is 19.2 Å². The predicted octanol–water partition coefficient (Wildman–Crippen LogP) is 4.78. The summed E-state index contributed by atoms with van der Waals surface area (Å²) in [5.41, 5.74) is 4.75. The van der Waals surface area contributed by atoms with Crippen molar-refractivity contribution in [3.8, 4) is 11.3 Å². The minimum Gasteiger partial charge on any atom is -0.281 e. The van der Waals surface area contributed by atoms with Gasteiger partial charge in [0.05, 0.1) is 5.69 Å². The molecule has 24 heavy (non-hydrogen) atoms. The third kappa shape index (κ3) is 4.14. The second-order valence-electron chi connectivity index (χ2n) is 6.69. The highest BCUT2D eigenvalue weighted by atomic mass is 35.5. The van der Waals surface area contributed by atoms with Gasteiger partial charge in [0.15, 0.2) is 0 Å². The fourth-order valence-corrected chi connectivity index (χ4v) is 4.10. The second kappa shape index (κ2) is 7.91. The number of hydrogen-bond acceptors (Lipinski definition) is 4. The highest BCUT2D eigenvalue weighted by Crippen LogP contribution is 2.36. The number of aromatic amines is 1. The van der Waals surface area contributed by atoms with E-state index in [1.54, 1.807) is 12.1 Å². The third-order valence-electron chi connectivity index (χ3n) is 4.70. The molecule has 4 nitrogen and oxygen atoms in total. The Bertz CT molecular complexity index is 660. The number of H-pyrrole nitrogens is 1. The van der Waals surface area contributed by atoms with Gasteiger partial charge in [-0.05, 0) is 64.4 Å². The summed E-state index contributed by atoms with van der Waals surface area (Å²) in [4.78, 5) is 0. The summed E-state index contributed by atoms with van der Waals surface area (Å²) in [7, 11) is 4.13. The molecule has 1 aliphatic rings. The zero-order chi connectivity index (χ0) is 17.1. The quantitative estimate of drug-likeness (QED) is 0.749. The van der Waals surface area contributed by atoms with Crippen LogP contribution in [0, 0.1) is 6.92 Å². The van der Waals surface area contributed by atoms with Crippen molar-refractivity contribution in [3.63, 3.8) is 0 Å². The molecule has 0 atom stereocenters. The molecule has 6 heteroatoms. The first kappa shape index (κ1) is 17.8. The van der Waals surface area contributed by atoms with Crippen LogP contribution in [0.3, 0.4) is 0 Å². The molecule has 0 amide bonds. The summed E-state index contributed by atoms with van der Waals surface area (Å²) >= 11 is 7.68. The lowest BCUT2D eigenvalue weighted by atomic mass is 9.83. The molecule has 1 fully saturated rings. The van der Waals surface area contributed by atoms with Crippen molar-refractivity contribution in [2.75, 3.05) is 14.1 Å². The van der Waals surface area contributed by atoms with E-state index in [1.165, 1.54) is 36.9 Å². The number of hydrogen-bond donors (Lipinski definition) is 2. The van der Waals surface area contributed by atoms with Crippen molar-refractivity contribution in [2.45, 2.75) is 44.6 Å². The van der Waals surface area contributed by atoms with Gasteiger partial charge in [0, 0.05) is 40.4 Å². The van der Waals surface area contributed by atoms with E-state index in [9.17, 15) is 0 Å². The molecule has 2 N–H and O–H groups in total. The maximum atomic E-state index is 5.99. The zero-order valence-electron chi connectivity index (χ0n) is 14.5. The Morgan fingerprint density at radius 2 is 1.83 bits per heavy atom. The van der Waals surface area contributed by atoms with Crippen molar-refractivity contribution in [2.24, 2.45) is 0 Å². The van der Waals surface area contributed by atoms with Gasteiger partial charge in [-0.1, -0.05) is 23.7 Å². The van der Waals surface area contributed by atoms with Crippen molar-refractivity contribution in [1.29, 1.82) is 0 Å². The first-order valence-electron chi connectivity index (χ1n) is 8.45. The van der Waals surface area contributed by atoms with Crippen LogP contribution in [0.15, 0.2) is 24.3 Å². The number of rotatable bonds is 5. The molecular formula is C18H25ClN4S. The van der Waals surface area contributed by atoms with Crippen LogP contribution < -0.4 is 4.72 Å². The molecule has 1 aromatic carbocycles. The lowest BCUT2D eigenvalue weighted by Crippen LogP contribution is -2.30. The summed E-state index contributed by atoms with van der Waals surface area (Å²) in [6.07, 6.45) is 4.82. The standard InChI is InChI=1S/C18H25ClN4S/c1-12-17(13-4-8-15(19)9-5-13)20-21-18(12)14-6-10-16(11-7-14)22-24-23(2)3/h4-5,8-9,14,16,22H,6-7,10-11H2,1-3H3,(H,20,21). The topological polar surface area (TPSA) is 44.0 Å². The van der Waals surface area contributed by atoms with Crippen LogP contribution in [0.4, 0.5) is 0 Å². The molecule has 2 aromatic rings. The summed E-state index contributed by atoms with van der Waals surface area (Å²) in [5.74, 6) is 0.584. The summed E-state index contributed by atoms with van der Waals surface area (Å²) in [6, 6.07) is 8.52. The van der Waals surface area contributed by atoms with Crippen LogP contribution in [0.25, 0.3) is 11.3 Å². The smallest absolute Gasteiger partial charge is 0.0952 e. The van der Waals surface area contributed by atoms with Crippen molar-refractivity contribution in [3.05, 3.63) is 40.5 Å². The van der Waals surface area contributed by atoms with Gasteiger partial charge in [-0.25, -0.2) is 9.03 Å². The average Bonchev–Trinajstić information content (AvgIpc) is 2.96. The van der Waals surface area contributed by atoms with Gasteiger partial charge in [0.2, 0.25) is 0 Å². The van der Waals surface area contributed by atoms with Crippen molar-refractivity contribution >= 4 is 23.7 Å². The summed E-state index contributed by atoms with van der Waals surface area (Å²) < 4.78 is 5.65. The lowest BCUT2D eigenvalue weighted by Gasteiger charge is -2.29. The van der Waals surface area contributed by atoms with E-state index in [0.29, 0.717) is 12.0 Å². The van der Waals surface area contributed by atoms with Crippen LogP contribution in [-0.4, -0.2) is 34.6 Å². The second-order valence-corrected chi connectivity index (χ2v) is 8.27. The molecule has 0 spiro atoms. The van der Waals surface area contributed by atoms with Gasteiger partial charge in [0.1, 0.15) is 0 Å². The van der Waals surface area contributed by atoms with E-state index in [1.807, 2.05) is 24.3 Å². The molecule has 0 saturated heterocycles. The monoisotopic (exact) mass is 364 g/mol. The molecule has 0 aliphatic heterocycles. The number of aromatic nitrogens is 2. The van der Waals surface area contributed by atoms with E-state index in [-0.39, 0.29) is 0 Å². The molecule has 1 aliphatic carbocycles. The Labute approximate surface area is 153 Å². The summed E-state index contributed by atoms with van der Waals surface area (Å²) in [6.45, 7) is 2.18. The SMILES string of the molecule is Cc1c(-c2ccc(Cl)cc2)n[nH]c1C1CCC(NSN(C)C)CC1. The Morgan fingerprint density at radius 1 is 1.17 bits per heavy atom. The largest absolute Gasteiger partial charge is 0.281 e. The van der Waals surface area contributed by atoms with E-state index in [0.717, 1.165) is 16.3 Å². The maximum absolute atomic E-state index is 5.99. The zero-order valence-corrected chi connectivity index (χ0v) is 16.0. The Morgan fingerprint density at radius 3 is 2.46 bits per heavy atom. The minimum atomic E-state index is 0.584. The van der Waals surface area contributed by atoms with Gasteiger partial charge in [-0.2, -0.15) is 5.10 Å². The van der Waals surface area contributed by atoms with Crippen molar-refractivity contribution < 1.29 is 0 Å². The molecule has 1 saturated carbocycles. The molecule has 0 unspecified atom stereocenters. The number of benzene rings is 1. The van der Waals surface area contributed by atoms with Gasteiger partial charge in [-0.15, -0.1) is 0 Å². The Balaban J connectivity index is 1.65. The van der Waals surface area contributed by atoms with Crippen LogP contribution in [-0.2, 0) is 0 Å². The predicted molar refractivity (Wildman–Crippen MR) is 103 cm³/mol. The number of nitrogens with zero attached hydrogens (tertiary/aromatic N) is 2. The van der Waals surface area contributed by atoms with Gasteiger partial charge >= 0.3 is 0 Å². The Hall–Kier alpha value is -1.01. The first-order valence-corrected chi connectivity index (χ1v) is 9.60. The molecule has 0 radical (unpaired) electrons. The van der Waals surface area contributed by atoms with Gasteiger partial charge in [0.25, 0.3) is 0 Å². The number of halogens is 1. The van der Waals surface area contributed by atoms with Gasteiger partial charge < -0.3 is 0 Å². The molecule has 0 bridgehead atoms. The molecule has 3 rings (SSSR count). The van der Waals surface area contributed by atoms with E-state index in [2.05, 4.69) is 40.2 Å². The van der Waals surface area contributed by atoms with Crippen LogP contribution in [0.2, 0.25) is 5.02 Å². The van der Waals surface area contributed by atoms with Crippen LogP contribution in [0.5, 0.6) is 0 Å². The summed E-state index contributed by atoms with van der Waals surface area (Å²) in [5, 5.41) is 8.64. The lowest BCUT2D eigenvalue weighted by molar-refractivity contribution is 0.374. The first-order chi connectivity index (χ1) is 11.5. The Kier molecular flexibility index (Phi) is 5.87. The highest BCUT2D eigenvalue weighted by Gasteiger charge is 2.26. The minimum absolute atomic E-state index is 0.584. The normalized spacial score (nSPS) is 21.4. The van der Waals surface area contributed by atoms with E-state index >= 15 is 0 Å². The molecule has 130 valence electrons. The van der Waals surface area contributed by atoms with Crippen LogP contribution >= 0.6 is 23.7 Å². The van der Waals surface area contributed by atoms with Crippen LogP contribution in [0.1, 0.15) is 42.9 Å². The highest BCUT2D eigenvalue weighted by molar-refractivity contribution is 7.95. The molecular weight excluding hydrogens is 340 g/mol. The third-order valence-corrected chi connectivity index (χ3v) is 5.76. The molecule has 1 heterocycles. The number of nitrogens with one attached hydrogen (secondary N) is 2. The fraction of sp³-hybridized carbons (Fsp3) is 0.500.